The van der Waals surface area contributed by atoms with Crippen LogP contribution < -0.4 is 0 Å². The summed E-state index contributed by atoms with van der Waals surface area (Å²) in [6.07, 6.45) is 3.27. The van der Waals surface area contributed by atoms with Gasteiger partial charge in [0.05, 0.1) is 0 Å². The normalized spacial score (nSPS) is 11.0. The first kappa shape index (κ1) is 18.6. The van der Waals surface area contributed by atoms with Crippen molar-refractivity contribution in [3.63, 3.8) is 0 Å². The van der Waals surface area contributed by atoms with E-state index in [-0.39, 0.29) is 11.7 Å². The van der Waals surface area contributed by atoms with Crippen LogP contribution in [0.15, 0.2) is 58.3 Å². The molecule has 0 saturated carbocycles. The van der Waals surface area contributed by atoms with Crippen molar-refractivity contribution in [2.24, 2.45) is 0 Å². The third-order valence-corrected chi connectivity index (χ3v) is 4.83. The molecule has 2 aromatic rings. The Kier molecular flexibility index (Phi) is 6.88. The van der Waals surface area contributed by atoms with Crippen LogP contribution in [-0.2, 0) is 4.79 Å². The lowest BCUT2D eigenvalue weighted by atomic mass is 10.2. The molecule has 0 unspecified atom stereocenters. The summed E-state index contributed by atoms with van der Waals surface area (Å²) in [5.74, 6) is -0.281. The van der Waals surface area contributed by atoms with E-state index in [1.807, 2.05) is 32.0 Å². The number of hydrogen-bond acceptors (Lipinski definition) is 2. The predicted molar refractivity (Wildman–Crippen MR) is 98.9 cm³/mol. The van der Waals surface area contributed by atoms with Gasteiger partial charge < -0.3 is 4.90 Å². The largest absolute Gasteiger partial charge is 0.340 e. The molecule has 0 bridgehead atoms. The Balaban J connectivity index is 2.09. The number of hydrogen-bond donors (Lipinski definition) is 0. The molecule has 0 aliphatic rings. The molecule has 0 aliphatic heterocycles. The van der Waals surface area contributed by atoms with Crippen LogP contribution in [0.25, 0.3) is 6.08 Å². The summed E-state index contributed by atoms with van der Waals surface area (Å²) >= 11 is 7.81. The van der Waals surface area contributed by atoms with Crippen LogP contribution in [0.2, 0.25) is 5.02 Å². The van der Waals surface area contributed by atoms with Crippen molar-refractivity contribution in [2.45, 2.75) is 23.6 Å². The molecular weight excluding hydrogens is 345 g/mol. The second-order valence-corrected chi connectivity index (χ2v) is 6.64. The molecule has 0 aliphatic carbocycles. The average Bonchev–Trinajstić information content (AvgIpc) is 2.57. The highest BCUT2D eigenvalue weighted by Gasteiger charge is 2.06. The number of nitrogens with zero attached hydrogens (tertiary/aromatic N) is 1. The van der Waals surface area contributed by atoms with Crippen LogP contribution in [0.3, 0.4) is 0 Å². The molecule has 0 saturated heterocycles. The quantitative estimate of drug-likeness (QED) is 0.630. The summed E-state index contributed by atoms with van der Waals surface area (Å²) in [7, 11) is 0. The molecule has 0 aromatic heterocycles. The maximum Gasteiger partial charge on any atom is 0.246 e. The van der Waals surface area contributed by atoms with E-state index in [4.69, 9.17) is 11.6 Å². The van der Waals surface area contributed by atoms with Crippen LogP contribution >= 0.6 is 23.4 Å². The molecule has 2 rings (SSSR count). The minimum absolute atomic E-state index is 0.0270. The Morgan fingerprint density at radius 3 is 2.33 bits per heavy atom. The third kappa shape index (κ3) is 5.11. The van der Waals surface area contributed by atoms with Gasteiger partial charge in [0.1, 0.15) is 5.82 Å². The van der Waals surface area contributed by atoms with Crippen LogP contribution in [-0.4, -0.2) is 23.9 Å². The first-order valence-electron chi connectivity index (χ1n) is 7.73. The van der Waals surface area contributed by atoms with Gasteiger partial charge in [0, 0.05) is 34.0 Å². The first-order valence-corrected chi connectivity index (χ1v) is 8.93. The van der Waals surface area contributed by atoms with Gasteiger partial charge in [-0.3, -0.25) is 4.79 Å². The van der Waals surface area contributed by atoms with Gasteiger partial charge in [0.15, 0.2) is 0 Å². The van der Waals surface area contributed by atoms with Crippen molar-refractivity contribution in [1.29, 1.82) is 0 Å². The van der Waals surface area contributed by atoms with Gasteiger partial charge in [-0.2, -0.15) is 0 Å². The standard InChI is InChI=1S/C19H19ClFNOS/c1-3-22(4-2)19(23)12-6-14-5-9-17(13-18(14)20)24-16-10-7-15(21)8-11-16/h5-13H,3-4H2,1-2H3/b12-6+. The van der Waals surface area contributed by atoms with Gasteiger partial charge in [0.2, 0.25) is 5.91 Å². The fourth-order valence-corrected chi connectivity index (χ4v) is 3.31. The Morgan fingerprint density at radius 2 is 1.75 bits per heavy atom. The van der Waals surface area contributed by atoms with E-state index in [0.717, 1.165) is 15.4 Å². The van der Waals surface area contributed by atoms with Crippen molar-refractivity contribution >= 4 is 35.3 Å². The van der Waals surface area contributed by atoms with Crippen molar-refractivity contribution in [3.05, 3.63) is 64.9 Å². The molecule has 126 valence electrons. The lowest BCUT2D eigenvalue weighted by Gasteiger charge is -2.15. The van der Waals surface area contributed by atoms with Gasteiger partial charge in [-0.15, -0.1) is 0 Å². The number of rotatable bonds is 6. The summed E-state index contributed by atoms with van der Waals surface area (Å²) in [5, 5.41) is 0.575. The number of amides is 1. The van der Waals surface area contributed by atoms with Crippen molar-refractivity contribution in [2.75, 3.05) is 13.1 Å². The maximum absolute atomic E-state index is 12.9. The van der Waals surface area contributed by atoms with E-state index < -0.39 is 0 Å². The fraction of sp³-hybridized carbons (Fsp3) is 0.211. The molecule has 1 amide bonds. The second-order valence-electron chi connectivity index (χ2n) is 5.08. The minimum Gasteiger partial charge on any atom is -0.340 e. The Bertz CT molecular complexity index is 727. The molecular formula is C19H19ClFNOS. The average molecular weight is 364 g/mol. The van der Waals surface area contributed by atoms with Crippen LogP contribution in [0.1, 0.15) is 19.4 Å². The molecule has 2 nitrogen and oxygen atoms in total. The van der Waals surface area contributed by atoms with Crippen molar-refractivity contribution in [3.8, 4) is 0 Å². The predicted octanol–water partition coefficient (Wildman–Crippen LogP) is 5.51. The SMILES string of the molecule is CCN(CC)C(=O)/C=C/c1ccc(Sc2ccc(F)cc2)cc1Cl. The number of carbonyl (C=O) groups is 1. The van der Waals surface area contributed by atoms with Crippen LogP contribution in [0, 0.1) is 5.82 Å². The van der Waals surface area contributed by atoms with Gasteiger partial charge >= 0.3 is 0 Å². The number of likely N-dealkylation sites (N-methyl/N-ethyl adjacent to an activating group) is 1. The molecule has 5 heteroatoms. The highest BCUT2D eigenvalue weighted by Crippen LogP contribution is 2.31. The minimum atomic E-state index is -0.254. The smallest absolute Gasteiger partial charge is 0.246 e. The van der Waals surface area contributed by atoms with Crippen LogP contribution in [0.5, 0.6) is 0 Å². The van der Waals surface area contributed by atoms with E-state index in [9.17, 15) is 9.18 Å². The van der Waals surface area contributed by atoms with Crippen molar-refractivity contribution in [1.82, 2.24) is 4.90 Å². The molecule has 0 heterocycles. The zero-order chi connectivity index (χ0) is 17.5. The Morgan fingerprint density at radius 1 is 1.12 bits per heavy atom. The van der Waals surface area contributed by atoms with Gasteiger partial charge in [0.25, 0.3) is 0 Å². The zero-order valence-corrected chi connectivity index (χ0v) is 15.2. The van der Waals surface area contributed by atoms with E-state index in [1.54, 1.807) is 29.2 Å². The van der Waals surface area contributed by atoms with E-state index in [1.165, 1.54) is 23.9 Å². The molecule has 0 spiro atoms. The van der Waals surface area contributed by atoms with E-state index >= 15 is 0 Å². The summed E-state index contributed by atoms with van der Waals surface area (Å²) in [6, 6.07) is 12.0. The molecule has 0 N–H and O–H groups in total. The Labute approximate surface area is 151 Å². The highest BCUT2D eigenvalue weighted by atomic mass is 35.5. The summed E-state index contributed by atoms with van der Waals surface area (Å²) < 4.78 is 12.9. The zero-order valence-electron chi connectivity index (χ0n) is 13.6. The van der Waals surface area contributed by atoms with Gasteiger partial charge in [-0.25, -0.2) is 4.39 Å². The molecule has 0 fully saturated rings. The van der Waals surface area contributed by atoms with Gasteiger partial charge in [-0.05, 0) is 61.9 Å². The lowest BCUT2D eigenvalue weighted by Crippen LogP contribution is -2.28. The molecule has 0 radical (unpaired) electrons. The summed E-state index contributed by atoms with van der Waals surface area (Å²) in [4.78, 5) is 15.6. The number of benzene rings is 2. The summed E-state index contributed by atoms with van der Waals surface area (Å²) in [5.41, 5.74) is 0.792. The summed E-state index contributed by atoms with van der Waals surface area (Å²) in [6.45, 7) is 5.26. The van der Waals surface area contributed by atoms with Crippen LogP contribution in [0.4, 0.5) is 4.39 Å². The number of halogens is 2. The van der Waals surface area contributed by atoms with E-state index in [0.29, 0.717) is 18.1 Å². The third-order valence-electron chi connectivity index (χ3n) is 3.50. The fourth-order valence-electron chi connectivity index (χ4n) is 2.15. The molecule has 0 atom stereocenters. The lowest BCUT2D eigenvalue weighted by molar-refractivity contribution is -0.125. The van der Waals surface area contributed by atoms with E-state index in [2.05, 4.69) is 0 Å². The first-order chi connectivity index (χ1) is 11.5. The van der Waals surface area contributed by atoms with Gasteiger partial charge in [-0.1, -0.05) is 29.4 Å². The Hall–Kier alpha value is -1.78. The number of carbonyl (C=O) groups excluding carboxylic acids is 1. The molecule has 2 aromatic carbocycles. The second kappa shape index (κ2) is 8.90. The maximum atomic E-state index is 12.9. The topological polar surface area (TPSA) is 20.3 Å². The monoisotopic (exact) mass is 363 g/mol. The van der Waals surface area contributed by atoms with Crippen molar-refractivity contribution < 1.29 is 9.18 Å². The molecule has 24 heavy (non-hydrogen) atoms. The highest BCUT2D eigenvalue weighted by molar-refractivity contribution is 7.99.